The molecule has 1 heteroatoms. The van der Waals surface area contributed by atoms with Gasteiger partial charge in [0.15, 0.2) is 0 Å². The first-order valence-corrected chi connectivity index (χ1v) is 6.34. The standard InChI is InChI=1S/C12H23B/c1-10-4-2-6-11-8-9-12(13-11)7-3-5-10/h10-13H,2-9H2,1H3. The first-order valence-electron chi connectivity index (χ1n) is 6.34. The van der Waals surface area contributed by atoms with Crippen LogP contribution in [0.15, 0.2) is 0 Å². The Kier molecular flexibility index (Phi) is 3.35. The lowest BCUT2D eigenvalue weighted by molar-refractivity contribution is 0.441. The summed E-state index contributed by atoms with van der Waals surface area (Å²) in [6, 6.07) is 0. The summed E-state index contributed by atoms with van der Waals surface area (Å²) >= 11 is 0. The summed E-state index contributed by atoms with van der Waals surface area (Å²) in [4.78, 5) is 0. The second kappa shape index (κ2) is 4.53. The fourth-order valence-electron chi connectivity index (χ4n) is 3.36. The van der Waals surface area contributed by atoms with E-state index in [-0.39, 0.29) is 0 Å². The van der Waals surface area contributed by atoms with Gasteiger partial charge in [-0.2, -0.15) is 0 Å². The summed E-state index contributed by atoms with van der Waals surface area (Å²) in [5.41, 5.74) is 0. The molecule has 2 unspecified atom stereocenters. The van der Waals surface area contributed by atoms with Crippen molar-refractivity contribution < 1.29 is 0 Å². The van der Waals surface area contributed by atoms with E-state index in [4.69, 9.17) is 0 Å². The molecule has 0 aromatic rings. The summed E-state index contributed by atoms with van der Waals surface area (Å²) in [5, 5.41) is 0. The van der Waals surface area contributed by atoms with Crippen molar-refractivity contribution in [2.45, 2.75) is 69.9 Å². The van der Waals surface area contributed by atoms with Crippen LogP contribution in [0.25, 0.3) is 0 Å². The fourth-order valence-corrected chi connectivity index (χ4v) is 3.36. The summed E-state index contributed by atoms with van der Waals surface area (Å²) < 4.78 is 0. The molecule has 2 rings (SSSR count). The van der Waals surface area contributed by atoms with E-state index >= 15 is 0 Å². The van der Waals surface area contributed by atoms with Crippen molar-refractivity contribution in [1.82, 2.24) is 0 Å². The monoisotopic (exact) mass is 178 g/mol. The Morgan fingerprint density at radius 2 is 1.31 bits per heavy atom. The van der Waals surface area contributed by atoms with E-state index in [0.29, 0.717) is 0 Å². The van der Waals surface area contributed by atoms with E-state index in [0.717, 1.165) is 17.6 Å². The number of rotatable bonds is 0. The van der Waals surface area contributed by atoms with Crippen molar-refractivity contribution in [1.29, 1.82) is 0 Å². The molecule has 0 spiro atoms. The number of hydrogen-bond acceptors (Lipinski definition) is 0. The Hall–Kier alpha value is 0.0649. The van der Waals surface area contributed by atoms with Crippen LogP contribution in [-0.2, 0) is 0 Å². The molecule has 2 aliphatic rings. The average molecular weight is 178 g/mol. The highest BCUT2D eigenvalue weighted by Gasteiger charge is 2.26. The molecule has 0 aliphatic carbocycles. The van der Waals surface area contributed by atoms with Crippen LogP contribution in [0.1, 0.15) is 58.3 Å². The normalized spacial score (nSPS) is 41.2. The Morgan fingerprint density at radius 1 is 0.769 bits per heavy atom. The zero-order chi connectivity index (χ0) is 9.10. The SMILES string of the molecule is CC1CCCC2BC(CCC1)CC2. The van der Waals surface area contributed by atoms with Gasteiger partial charge in [-0.1, -0.05) is 69.9 Å². The van der Waals surface area contributed by atoms with Gasteiger partial charge < -0.3 is 0 Å². The van der Waals surface area contributed by atoms with Crippen LogP contribution >= 0.6 is 0 Å². The van der Waals surface area contributed by atoms with Crippen molar-refractivity contribution in [2.24, 2.45) is 5.92 Å². The molecule has 2 fully saturated rings. The quantitative estimate of drug-likeness (QED) is 0.495. The Balaban J connectivity index is 1.85. The van der Waals surface area contributed by atoms with Crippen LogP contribution in [0, 0.1) is 5.92 Å². The van der Waals surface area contributed by atoms with Gasteiger partial charge in [-0.05, 0) is 5.92 Å². The predicted octanol–water partition coefficient (Wildman–Crippen LogP) is 3.78. The van der Waals surface area contributed by atoms with Crippen molar-refractivity contribution in [3.05, 3.63) is 0 Å². The minimum absolute atomic E-state index is 1.01. The summed E-state index contributed by atoms with van der Waals surface area (Å²) in [6.07, 6.45) is 12.2. The first-order chi connectivity index (χ1) is 6.34. The second-order valence-corrected chi connectivity index (χ2v) is 5.51. The van der Waals surface area contributed by atoms with Crippen LogP contribution in [0.5, 0.6) is 0 Å². The van der Waals surface area contributed by atoms with E-state index in [9.17, 15) is 0 Å². The lowest BCUT2D eigenvalue weighted by Gasteiger charge is -2.16. The number of hydrogen-bond donors (Lipinski definition) is 0. The second-order valence-electron chi connectivity index (χ2n) is 5.51. The molecule has 2 atom stereocenters. The largest absolute Gasteiger partial charge is 0.127 e. The molecule has 0 aromatic heterocycles. The highest BCUT2D eigenvalue weighted by Crippen LogP contribution is 2.40. The molecule has 2 bridgehead atoms. The highest BCUT2D eigenvalue weighted by molar-refractivity contribution is 6.40. The lowest BCUT2D eigenvalue weighted by atomic mass is 9.57. The maximum Gasteiger partial charge on any atom is 0.127 e. The topological polar surface area (TPSA) is 0 Å². The zero-order valence-electron chi connectivity index (χ0n) is 9.10. The minimum Gasteiger partial charge on any atom is -0.0654 e. The van der Waals surface area contributed by atoms with Crippen molar-refractivity contribution in [3.63, 3.8) is 0 Å². The minimum atomic E-state index is 1.01. The van der Waals surface area contributed by atoms with Crippen LogP contribution < -0.4 is 0 Å². The van der Waals surface area contributed by atoms with Gasteiger partial charge in [-0.15, -0.1) is 0 Å². The van der Waals surface area contributed by atoms with E-state index < -0.39 is 0 Å². The zero-order valence-corrected chi connectivity index (χ0v) is 9.10. The molecule has 13 heavy (non-hydrogen) atoms. The lowest BCUT2D eigenvalue weighted by Crippen LogP contribution is -2.05. The van der Waals surface area contributed by atoms with Crippen LogP contribution in [-0.4, -0.2) is 7.28 Å². The molecule has 0 aromatic carbocycles. The third-order valence-electron chi connectivity index (χ3n) is 4.27. The molecule has 2 saturated heterocycles. The van der Waals surface area contributed by atoms with Gasteiger partial charge in [0.25, 0.3) is 0 Å². The predicted molar refractivity (Wildman–Crippen MR) is 60.7 cm³/mol. The summed E-state index contributed by atoms with van der Waals surface area (Å²) in [7, 11) is 1.58. The van der Waals surface area contributed by atoms with E-state index in [1.54, 1.807) is 33.0 Å². The molecule has 2 aliphatic heterocycles. The summed E-state index contributed by atoms with van der Waals surface area (Å²) in [6.45, 7) is 2.45. The smallest absolute Gasteiger partial charge is 0.0654 e. The Bertz CT molecular complexity index is 139. The fraction of sp³-hybridized carbons (Fsp3) is 1.00. The maximum atomic E-state index is 2.45. The summed E-state index contributed by atoms with van der Waals surface area (Å²) in [5.74, 6) is 3.25. The van der Waals surface area contributed by atoms with Gasteiger partial charge in [0.05, 0.1) is 0 Å². The molecular weight excluding hydrogens is 155 g/mol. The van der Waals surface area contributed by atoms with Gasteiger partial charge in [0.1, 0.15) is 7.28 Å². The van der Waals surface area contributed by atoms with Crippen molar-refractivity contribution in [3.8, 4) is 0 Å². The van der Waals surface area contributed by atoms with E-state index in [2.05, 4.69) is 6.92 Å². The third-order valence-corrected chi connectivity index (χ3v) is 4.27. The molecular formula is C12H23B. The van der Waals surface area contributed by atoms with Gasteiger partial charge in [-0.3, -0.25) is 0 Å². The molecule has 0 N–H and O–H groups in total. The number of fused-ring (bicyclic) bond motifs is 2. The average Bonchev–Trinajstić information content (AvgIpc) is 2.52. The van der Waals surface area contributed by atoms with Gasteiger partial charge in [0.2, 0.25) is 0 Å². The van der Waals surface area contributed by atoms with Gasteiger partial charge in [-0.25, -0.2) is 0 Å². The Labute approximate surface area is 83.7 Å². The molecule has 0 saturated carbocycles. The van der Waals surface area contributed by atoms with Crippen LogP contribution in [0.4, 0.5) is 0 Å². The molecule has 0 nitrogen and oxygen atoms in total. The highest BCUT2D eigenvalue weighted by atomic mass is 14.2. The Morgan fingerprint density at radius 3 is 1.85 bits per heavy atom. The van der Waals surface area contributed by atoms with Gasteiger partial charge in [0, 0.05) is 0 Å². The maximum absolute atomic E-state index is 2.45. The van der Waals surface area contributed by atoms with Gasteiger partial charge >= 0.3 is 0 Å². The molecule has 0 amide bonds. The third kappa shape index (κ3) is 2.75. The van der Waals surface area contributed by atoms with E-state index in [1.165, 1.54) is 25.7 Å². The molecule has 2 heterocycles. The van der Waals surface area contributed by atoms with Crippen molar-refractivity contribution >= 4 is 7.28 Å². The first kappa shape index (κ1) is 9.61. The van der Waals surface area contributed by atoms with Crippen LogP contribution in [0.3, 0.4) is 0 Å². The molecule has 74 valence electrons. The van der Waals surface area contributed by atoms with Crippen molar-refractivity contribution in [2.75, 3.05) is 0 Å². The van der Waals surface area contributed by atoms with E-state index in [1.807, 2.05) is 0 Å². The molecule has 0 radical (unpaired) electrons. The van der Waals surface area contributed by atoms with Crippen LogP contribution in [0.2, 0.25) is 11.6 Å².